The fourth-order valence-corrected chi connectivity index (χ4v) is 4.25. The predicted octanol–water partition coefficient (Wildman–Crippen LogP) is 2.11. The van der Waals surface area contributed by atoms with Crippen molar-refractivity contribution in [2.45, 2.75) is 44.6 Å². The van der Waals surface area contributed by atoms with Crippen LogP contribution < -0.4 is 5.32 Å². The molecule has 2 rings (SSSR count). The van der Waals surface area contributed by atoms with E-state index in [0.717, 1.165) is 19.3 Å². The summed E-state index contributed by atoms with van der Waals surface area (Å²) in [6, 6.07) is 9.51. The Bertz CT molecular complexity index is 616. The van der Waals surface area contributed by atoms with Gasteiger partial charge in [-0.3, -0.25) is 4.79 Å². The average molecular weight is 338 g/mol. The Labute approximate surface area is 139 Å². The van der Waals surface area contributed by atoms with Gasteiger partial charge in [-0.1, -0.05) is 43.7 Å². The summed E-state index contributed by atoms with van der Waals surface area (Å²) < 4.78 is 25.1. The molecular formula is C17H26N2O3S. The van der Waals surface area contributed by atoms with Crippen LogP contribution in [0.5, 0.6) is 0 Å². The number of rotatable bonds is 6. The number of amides is 1. The topological polar surface area (TPSA) is 66.5 Å². The van der Waals surface area contributed by atoms with Crippen LogP contribution >= 0.6 is 0 Å². The molecule has 0 unspecified atom stereocenters. The van der Waals surface area contributed by atoms with Gasteiger partial charge >= 0.3 is 0 Å². The van der Waals surface area contributed by atoms with Crippen LogP contribution in [0.15, 0.2) is 30.3 Å². The van der Waals surface area contributed by atoms with Crippen LogP contribution in [0, 0.1) is 0 Å². The molecule has 2 atom stereocenters. The number of carbonyl (C=O) groups excluding carboxylic acids is 1. The molecule has 0 saturated carbocycles. The van der Waals surface area contributed by atoms with E-state index in [1.165, 1.54) is 16.1 Å². The van der Waals surface area contributed by atoms with E-state index in [1.807, 2.05) is 18.2 Å². The monoisotopic (exact) mass is 338 g/mol. The molecular weight excluding hydrogens is 312 g/mol. The first-order valence-electron chi connectivity index (χ1n) is 8.23. The molecule has 1 saturated heterocycles. The fraction of sp³-hybridized carbons (Fsp3) is 0.588. The van der Waals surface area contributed by atoms with Gasteiger partial charge in [0.2, 0.25) is 15.9 Å². The molecule has 0 aromatic heterocycles. The van der Waals surface area contributed by atoms with E-state index in [2.05, 4.69) is 24.4 Å². The van der Waals surface area contributed by atoms with Crippen LogP contribution in [-0.4, -0.2) is 44.0 Å². The van der Waals surface area contributed by atoms with Crippen molar-refractivity contribution >= 4 is 15.9 Å². The minimum absolute atomic E-state index is 0.176. The maximum Gasteiger partial charge on any atom is 0.238 e. The summed E-state index contributed by atoms with van der Waals surface area (Å²) in [5.74, 6) is 0.0694. The average Bonchev–Trinajstić information content (AvgIpc) is 2.55. The lowest BCUT2D eigenvalue weighted by molar-refractivity contribution is -0.125. The number of hydrogen-bond donors (Lipinski definition) is 1. The highest BCUT2D eigenvalue weighted by atomic mass is 32.2. The van der Waals surface area contributed by atoms with Crippen molar-refractivity contribution in [1.29, 1.82) is 0 Å². The van der Waals surface area contributed by atoms with Crippen LogP contribution in [0.25, 0.3) is 0 Å². The van der Waals surface area contributed by atoms with Gasteiger partial charge in [0.1, 0.15) is 6.04 Å². The summed E-state index contributed by atoms with van der Waals surface area (Å²) >= 11 is 0. The van der Waals surface area contributed by atoms with E-state index >= 15 is 0 Å². The molecule has 1 heterocycles. The Kier molecular flexibility index (Phi) is 6.18. The molecule has 1 fully saturated rings. The van der Waals surface area contributed by atoms with Gasteiger partial charge in [-0.2, -0.15) is 4.31 Å². The maximum absolute atomic E-state index is 12.5. The second kappa shape index (κ2) is 7.93. The summed E-state index contributed by atoms with van der Waals surface area (Å²) in [6.45, 7) is 3.06. The molecule has 1 aromatic carbocycles. The quantitative estimate of drug-likeness (QED) is 0.864. The smallest absolute Gasteiger partial charge is 0.238 e. The van der Waals surface area contributed by atoms with E-state index < -0.39 is 16.1 Å². The number of sulfonamides is 1. The van der Waals surface area contributed by atoms with Crippen LogP contribution in [-0.2, 0) is 14.8 Å². The lowest BCUT2D eigenvalue weighted by Gasteiger charge is -2.32. The molecule has 1 aliphatic heterocycles. The van der Waals surface area contributed by atoms with E-state index in [4.69, 9.17) is 0 Å². The van der Waals surface area contributed by atoms with Crippen molar-refractivity contribution in [1.82, 2.24) is 9.62 Å². The van der Waals surface area contributed by atoms with Gasteiger partial charge in [-0.05, 0) is 24.8 Å². The highest BCUT2D eigenvalue weighted by Crippen LogP contribution is 2.21. The summed E-state index contributed by atoms with van der Waals surface area (Å²) in [5.41, 5.74) is 1.19. The zero-order chi connectivity index (χ0) is 16.9. The number of carbonyl (C=O) groups is 1. The Balaban J connectivity index is 2.00. The summed E-state index contributed by atoms with van der Waals surface area (Å²) in [5, 5.41) is 2.96. The maximum atomic E-state index is 12.5. The Morgan fingerprint density at radius 1 is 1.30 bits per heavy atom. The molecule has 1 amide bonds. The van der Waals surface area contributed by atoms with Gasteiger partial charge in [0.15, 0.2) is 0 Å². The third kappa shape index (κ3) is 4.78. The van der Waals surface area contributed by atoms with Gasteiger partial charge in [0.05, 0.1) is 6.26 Å². The van der Waals surface area contributed by atoms with Crippen LogP contribution in [0.4, 0.5) is 0 Å². The third-order valence-corrected chi connectivity index (χ3v) is 5.76. The van der Waals surface area contributed by atoms with Crippen molar-refractivity contribution in [3.63, 3.8) is 0 Å². The first-order chi connectivity index (χ1) is 10.9. The number of nitrogens with one attached hydrogen (secondary N) is 1. The Morgan fingerprint density at radius 2 is 2.00 bits per heavy atom. The zero-order valence-corrected chi connectivity index (χ0v) is 14.7. The summed E-state index contributed by atoms with van der Waals surface area (Å²) in [6.07, 6.45) is 4.40. The second-order valence-electron chi connectivity index (χ2n) is 6.15. The Hall–Kier alpha value is -1.40. The van der Waals surface area contributed by atoms with E-state index in [0.29, 0.717) is 19.5 Å². The number of piperidine rings is 1. The van der Waals surface area contributed by atoms with Crippen molar-refractivity contribution in [2.24, 2.45) is 0 Å². The minimum atomic E-state index is -3.34. The Morgan fingerprint density at radius 3 is 2.61 bits per heavy atom. The second-order valence-corrected chi connectivity index (χ2v) is 8.08. The van der Waals surface area contributed by atoms with Crippen molar-refractivity contribution in [2.75, 3.05) is 19.3 Å². The number of hydrogen-bond acceptors (Lipinski definition) is 3. The molecule has 1 N–H and O–H groups in total. The van der Waals surface area contributed by atoms with Gasteiger partial charge in [-0.15, -0.1) is 0 Å². The first-order valence-corrected chi connectivity index (χ1v) is 10.1. The molecule has 0 radical (unpaired) electrons. The molecule has 0 bridgehead atoms. The van der Waals surface area contributed by atoms with Crippen molar-refractivity contribution in [3.05, 3.63) is 35.9 Å². The molecule has 1 aromatic rings. The lowest BCUT2D eigenvalue weighted by Crippen LogP contribution is -2.52. The highest BCUT2D eigenvalue weighted by molar-refractivity contribution is 7.88. The zero-order valence-electron chi connectivity index (χ0n) is 13.9. The molecule has 0 spiro atoms. The van der Waals surface area contributed by atoms with Gasteiger partial charge in [0.25, 0.3) is 0 Å². The van der Waals surface area contributed by atoms with Crippen LogP contribution in [0.3, 0.4) is 0 Å². The molecule has 5 nitrogen and oxygen atoms in total. The SMILES string of the molecule is CC[C@H](CNC(=O)[C@@H]1CCCCN1S(C)(=O)=O)c1ccccc1. The van der Waals surface area contributed by atoms with E-state index in [1.54, 1.807) is 0 Å². The largest absolute Gasteiger partial charge is 0.354 e. The van der Waals surface area contributed by atoms with Gasteiger partial charge < -0.3 is 5.32 Å². The first kappa shape index (κ1) is 17.9. The van der Waals surface area contributed by atoms with Crippen LogP contribution in [0.2, 0.25) is 0 Å². The number of benzene rings is 1. The highest BCUT2D eigenvalue weighted by Gasteiger charge is 2.34. The molecule has 0 aliphatic carbocycles. The standard InChI is InChI=1S/C17H26N2O3S/c1-3-14(15-9-5-4-6-10-15)13-18-17(20)16-11-7-8-12-19(16)23(2,21)22/h4-6,9-10,14,16H,3,7-8,11-13H2,1-2H3,(H,18,20)/t14-,16+/m1/s1. The lowest BCUT2D eigenvalue weighted by atomic mass is 9.96. The summed E-state index contributed by atoms with van der Waals surface area (Å²) in [4.78, 5) is 12.5. The fourth-order valence-electron chi connectivity index (χ4n) is 3.13. The van der Waals surface area contributed by atoms with E-state index in [9.17, 15) is 13.2 Å². The van der Waals surface area contributed by atoms with Gasteiger partial charge in [-0.25, -0.2) is 8.42 Å². The third-order valence-electron chi connectivity index (χ3n) is 4.47. The van der Waals surface area contributed by atoms with Crippen LogP contribution in [0.1, 0.15) is 44.1 Å². The molecule has 6 heteroatoms. The molecule has 128 valence electrons. The summed E-state index contributed by atoms with van der Waals surface area (Å²) in [7, 11) is -3.34. The van der Waals surface area contributed by atoms with Crippen molar-refractivity contribution in [3.8, 4) is 0 Å². The molecule has 23 heavy (non-hydrogen) atoms. The number of nitrogens with zero attached hydrogens (tertiary/aromatic N) is 1. The van der Waals surface area contributed by atoms with Crippen molar-refractivity contribution < 1.29 is 13.2 Å². The van der Waals surface area contributed by atoms with Gasteiger partial charge in [0, 0.05) is 19.0 Å². The molecule has 1 aliphatic rings. The predicted molar refractivity (Wildman–Crippen MR) is 91.7 cm³/mol. The minimum Gasteiger partial charge on any atom is -0.354 e. The van der Waals surface area contributed by atoms with E-state index in [-0.39, 0.29) is 11.8 Å². The normalized spacial score (nSPS) is 20.9.